The molecule has 0 unspecified atom stereocenters. The normalized spacial score (nSPS) is 15.8. The largest absolute Gasteiger partial charge is 0.505 e. The molecule has 3 N–H and O–H groups in total. The summed E-state index contributed by atoms with van der Waals surface area (Å²) in [6.07, 6.45) is 0. The third-order valence-corrected chi connectivity index (χ3v) is 5.91. The minimum Gasteiger partial charge on any atom is -0.505 e. The molecule has 3 rings (SSSR count). The molecule has 0 bridgehead atoms. The lowest BCUT2D eigenvalue weighted by atomic mass is 10.1. The number of halogens is 2. The molecule has 130 valence electrons. The first-order valence-corrected chi connectivity index (χ1v) is 9.21. The Morgan fingerprint density at radius 3 is 2.32 bits per heavy atom. The molecule has 1 aliphatic heterocycles. The van der Waals surface area contributed by atoms with Gasteiger partial charge in [0, 0.05) is 15.6 Å². The van der Waals surface area contributed by atoms with Crippen LogP contribution in [-0.4, -0.2) is 23.7 Å². The van der Waals surface area contributed by atoms with Gasteiger partial charge in [0.2, 0.25) is 0 Å². The number of aliphatic hydroxyl groups excluding tert-OH is 1. The number of rotatable bonds is 3. The van der Waals surface area contributed by atoms with Crippen LogP contribution in [0.15, 0.2) is 53.1 Å². The van der Waals surface area contributed by atoms with E-state index in [0.29, 0.717) is 15.6 Å². The fourth-order valence-corrected chi connectivity index (χ4v) is 4.88. The van der Waals surface area contributed by atoms with Gasteiger partial charge in [-0.25, -0.2) is 8.42 Å². The van der Waals surface area contributed by atoms with Gasteiger partial charge in [0.15, 0.2) is 11.5 Å². The van der Waals surface area contributed by atoms with Crippen molar-refractivity contribution in [1.82, 2.24) is 4.31 Å². The highest BCUT2D eigenvalue weighted by molar-refractivity contribution is 7.89. The zero-order valence-electron chi connectivity index (χ0n) is 12.6. The topological polar surface area (TPSA) is 101 Å². The molecular weight excluding hydrogens is 387 g/mol. The number of nitrogens with two attached hydrogens (primary N) is 1. The number of amides is 1. The van der Waals surface area contributed by atoms with Crippen LogP contribution in [0.2, 0.25) is 10.0 Å². The van der Waals surface area contributed by atoms with E-state index in [9.17, 15) is 18.3 Å². The number of aliphatic hydroxyl groups is 1. The number of carbonyl (C=O) groups excluding carboxylic acids is 1. The second-order valence-electron chi connectivity index (χ2n) is 5.35. The van der Waals surface area contributed by atoms with Crippen LogP contribution in [0, 0.1) is 0 Å². The van der Waals surface area contributed by atoms with E-state index in [1.807, 2.05) is 0 Å². The third-order valence-electron chi connectivity index (χ3n) is 3.67. The summed E-state index contributed by atoms with van der Waals surface area (Å²) in [6.45, 7) is -0.265. The van der Waals surface area contributed by atoms with Crippen LogP contribution >= 0.6 is 23.2 Å². The fraction of sp³-hybridized carbons (Fsp3) is 0.0625. The van der Waals surface area contributed by atoms with Crippen molar-refractivity contribution >= 4 is 44.9 Å². The van der Waals surface area contributed by atoms with Gasteiger partial charge in [0.1, 0.15) is 0 Å². The van der Waals surface area contributed by atoms with E-state index < -0.39 is 27.4 Å². The van der Waals surface area contributed by atoms with Gasteiger partial charge in [-0.1, -0.05) is 35.3 Å². The van der Waals surface area contributed by atoms with Gasteiger partial charge in [-0.05, 0) is 35.9 Å². The highest BCUT2D eigenvalue weighted by Gasteiger charge is 2.39. The van der Waals surface area contributed by atoms with Crippen molar-refractivity contribution in [3.63, 3.8) is 0 Å². The molecule has 6 nitrogen and oxygen atoms in total. The molecule has 0 saturated heterocycles. The van der Waals surface area contributed by atoms with Crippen molar-refractivity contribution in [2.75, 3.05) is 0 Å². The summed E-state index contributed by atoms with van der Waals surface area (Å²) >= 11 is 11.9. The average Bonchev–Trinajstić information content (AvgIpc) is 2.51. The van der Waals surface area contributed by atoms with Crippen molar-refractivity contribution < 1.29 is 18.3 Å². The zero-order chi connectivity index (χ0) is 18.4. The van der Waals surface area contributed by atoms with E-state index in [4.69, 9.17) is 28.9 Å². The molecule has 1 heterocycles. The lowest BCUT2D eigenvalue weighted by molar-refractivity contribution is -0.115. The number of sulfonamides is 1. The summed E-state index contributed by atoms with van der Waals surface area (Å²) < 4.78 is 26.7. The first kappa shape index (κ1) is 17.6. The number of fused-ring (bicyclic) bond motifs is 1. The molecule has 25 heavy (non-hydrogen) atoms. The molecule has 0 spiro atoms. The Balaban J connectivity index is 2.20. The summed E-state index contributed by atoms with van der Waals surface area (Å²) in [7, 11) is -4.11. The summed E-state index contributed by atoms with van der Waals surface area (Å²) in [5.74, 6) is -1.56. The molecule has 1 amide bonds. The predicted octanol–water partition coefficient (Wildman–Crippen LogP) is 2.91. The van der Waals surface area contributed by atoms with Gasteiger partial charge in [0.25, 0.3) is 15.9 Å². The maximum absolute atomic E-state index is 12.9. The van der Waals surface area contributed by atoms with E-state index in [0.717, 1.165) is 4.31 Å². The maximum Gasteiger partial charge on any atom is 0.269 e. The molecule has 9 heteroatoms. The molecule has 0 saturated carbocycles. The lowest BCUT2D eigenvalue weighted by Gasteiger charge is -2.30. The Bertz CT molecular complexity index is 998. The first-order valence-electron chi connectivity index (χ1n) is 7.02. The summed E-state index contributed by atoms with van der Waals surface area (Å²) in [5.41, 5.74) is 5.28. The van der Waals surface area contributed by atoms with Crippen molar-refractivity contribution in [3.8, 4) is 0 Å². The molecule has 0 fully saturated rings. The number of hydrogen-bond donors (Lipinski definition) is 2. The Kier molecular flexibility index (Phi) is 4.40. The molecule has 2 aromatic carbocycles. The molecule has 1 aliphatic rings. The molecule has 0 aromatic heterocycles. The van der Waals surface area contributed by atoms with E-state index in [-0.39, 0.29) is 17.0 Å². The Morgan fingerprint density at radius 2 is 1.72 bits per heavy atom. The van der Waals surface area contributed by atoms with Gasteiger partial charge in [-0.2, -0.15) is 0 Å². The van der Waals surface area contributed by atoms with E-state index >= 15 is 0 Å². The fourth-order valence-electron chi connectivity index (χ4n) is 2.64. The van der Waals surface area contributed by atoms with Crippen molar-refractivity contribution in [3.05, 3.63) is 69.3 Å². The lowest BCUT2D eigenvalue weighted by Crippen LogP contribution is -2.39. The molecule has 0 aliphatic carbocycles. The van der Waals surface area contributed by atoms with E-state index in [1.165, 1.54) is 36.4 Å². The van der Waals surface area contributed by atoms with Crippen molar-refractivity contribution in [2.24, 2.45) is 5.73 Å². The van der Waals surface area contributed by atoms with Crippen LogP contribution in [0.25, 0.3) is 5.76 Å². The average molecular weight is 399 g/mol. The van der Waals surface area contributed by atoms with E-state index in [2.05, 4.69) is 0 Å². The van der Waals surface area contributed by atoms with Crippen LogP contribution in [0.4, 0.5) is 0 Å². The molecule has 0 atom stereocenters. The Morgan fingerprint density at radius 1 is 1.12 bits per heavy atom. The highest BCUT2D eigenvalue weighted by atomic mass is 35.5. The smallest absolute Gasteiger partial charge is 0.269 e. The number of carbonyl (C=O) groups is 1. The first-order chi connectivity index (χ1) is 11.7. The van der Waals surface area contributed by atoms with Crippen LogP contribution in [-0.2, 0) is 21.4 Å². The monoisotopic (exact) mass is 398 g/mol. The molecule has 2 aromatic rings. The standard InChI is InChI=1S/C16H12Cl2N2O4S/c17-10-5-9(6-11(18)7-10)8-20-14(16(19)22)15(21)12-3-1-2-4-13(12)25(20,23)24/h1-7,21H,8H2,(H2,19,22). The van der Waals surface area contributed by atoms with Gasteiger partial charge >= 0.3 is 0 Å². The summed E-state index contributed by atoms with van der Waals surface area (Å²) in [6, 6.07) is 10.3. The molecule has 0 radical (unpaired) electrons. The van der Waals surface area contributed by atoms with Gasteiger partial charge in [-0.3, -0.25) is 9.10 Å². The van der Waals surface area contributed by atoms with Crippen molar-refractivity contribution in [2.45, 2.75) is 11.4 Å². The van der Waals surface area contributed by atoms with Crippen molar-refractivity contribution in [1.29, 1.82) is 0 Å². The van der Waals surface area contributed by atoms with Crippen LogP contribution in [0.5, 0.6) is 0 Å². The van der Waals surface area contributed by atoms with Crippen LogP contribution in [0.1, 0.15) is 11.1 Å². The van der Waals surface area contributed by atoms with Crippen LogP contribution in [0.3, 0.4) is 0 Å². The van der Waals surface area contributed by atoms with Crippen LogP contribution < -0.4 is 5.73 Å². The number of benzene rings is 2. The number of hydrogen-bond acceptors (Lipinski definition) is 4. The highest BCUT2D eigenvalue weighted by Crippen LogP contribution is 2.36. The molecular formula is C16H12Cl2N2O4S. The SMILES string of the molecule is NC(=O)C1=C(O)c2ccccc2S(=O)(=O)N1Cc1cc(Cl)cc(Cl)c1. The quantitative estimate of drug-likeness (QED) is 0.829. The number of primary amides is 1. The van der Waals surface area contributed by atoms with Gasteiger partial charge in [0.05, 0.1) is 11.4 Å². The minimum absolute atomic E-state index is 0.0247. The second-order valence-corrected chi connectivity index (χ2v) is 8.05. The predicted molar refractivity (Wildman–Crippen MR) is 94.4 cm³/mol. The summed E-state index contributed by atoms with van der Waals surface area (Å²) in [5, 5.41) is 11.0. The maximum atomic E-state index is 12.9. The minimum atomic E-state index is -4.11. The Hall–Kier alpha value is -2.22. The third kappa shape index (κ3) is 3.06. The van der Waals surface area contributed by atoms with E-state index in [1.54, 1.807) is 6.07 Å². The second kappa shape index (κ2) is 6.25. The number of nitrogens with zero attached hydrogens (tertiary/aromatic N) is 1. The van der Waals surface area contributed by atoms with Gasteiger partial charge in [-0.15, -0.1) is 0 Å². The Labute approximate surface area is 154 Å². The van der Waals surface area contributed by atoms with Gasteiger partial charge < -0.3 is 10.8 Å². The summed E-state index contributed by atoms with van der Waals surface area (Å²) in [4.78, 5) is 11.7. The zero-order valence-corrected chi connectivity index (χ0v) is 14.9.